The number of hydrogen-bond acceptors (Lipinski definition) is 4. The molecule has 1 aromatic carbocycles. The van der Waals surface area contributed by atoms with Crippen molar-refractivity contribution >= 4 is 11.9 Å². The highest BCUT2D eigenvalue weighted by Crippen LogP contribution is 2.23. The number of rotatable bonds is 6. The fraction of sp³-hybridized carbons (Fsp3) is 0.500. The molecule has 0 bridgehead atoms. The third kappa shape index (κ3) is 3.76. The van der Waals surface area contributed by atoms with Crippen LogP contribution in [0.5, 0.6) is 5.75 Å². The number of ether oxygens (including phenoxy) is 2. The van der Waals surface area contributed by atoms with E-state index in [-0.39, 0.29) is 11.9 Å². The Labute approximate surface area is 129 Å². The maximum Gasteiger partial charge on any atom is 0.332 e. The van der Waals surface area contributed by atoms with Crippen LogP contribution in [0, 0.1) is 0 Å². The molecule has 0 radical (unpaired) electrons. The van der Waals surface area contributed by atoms with Gasteiger partial charge >= 0.3 is 5.97 Å². The molecule has 1 fully saturated rings. The van der Waals surface area contributed by atoms with Gasteiger partial charge in [0, 0.05) is 0 Å². The molecule has 1 unspecified atom stereocenters. The Hall–Kier alpha value is -2.08. The molecule has 6 heteroatoms. The van der Waals surface area contributed by atoms with Gasteiger partial charge in [0.25, 0.3) is 0 Å². The second-order valence-corrected chi connectivity index (χ2v) is 5.27. The summed E-state index contributed by atoms with van der Waals surface area (Å²) in [6.45, 7) is 1.98. The molecule has 6 nitrogen and oxygen atoms in total. The van der Waals surface area contributed by atoms with Crippen molar-refractivity contribution in [2.75, 3.05) is 7.11 Å². The number of carbonyl (C=O) groups excluding carboxylic acids is 1. The van der Waals surface area contributed by atoms with Crippen molar-refractivity contribution in [3.8, 4) is 5.75 Å². The summed E-state index contributed by atoms with van der Waals surface area (Å²) >= 11 is 0. The second-order valence-electron chi connectivity index (χ2n) is 5.27. The number of carboxylic acids is 1. The summed E-state index contributed by atoms with van der Waals surface area (Å²) < 4.78 is 10.4. The molecule has 0 aliphatic carbocycles. The van der Waals surface area contributed by atoms with E-state index in [1.165, 1.54) is 0 Å². The molecule has 0 aromatic heterocycles. The highest BCUT2D eigenvalue weighted by atomic mass is 16.5. The molecule has 120 valence electrons. The van der Waals surface area contributed by atoms with Gasteiger partial charge < -0.3 is 19.9 Å². The van der Waals surface area contributed by atoms with E-state index in [1.54, 1.807) is 7.11 Å². The molecule has 2 N–H and O–H groups in total. The van der Waals surface area contributed by atoms with Gasteiger partial charge in [-0.15, -0.1) is 0 Å². The molecule has 1 aliphatic heterocycles. The number of nitrogens with one attached hydrogen (secondary N) is 1. The van der Waals surface area contributed by atoms with Gasteiger partial charge in [0.05, 0.1) is 13.2 Å². The molecule has 1 amide bonds. The first kappa shape index (κ1) is 16.3. The van der Waals surface area contributed by atoms with Crippen molar-refractivity contribution < 1.29 is 24.2 Å². The van der Waals surface area contributed by atoms with Crippen LogP contribution in [-0.4, -0.2) is 36.3 Å². The van der Waals surface area contributed by atoms with Crippen molar-refractivity contribution in [3.05, 3.63) is 29.8 Å². The molecule has 22 heavy (non-hydrogen) atoms. The molecule has 3 atom stereocenters. The summed E-state index contributed by atoms with van der Waals surface area (Å²) in [4.78, 5) is 23.1. The predicted molar refractivity (Wildman–Crippen MR) is 79.7 cm³/mol. The Morgan fingerprint density at radius 3 is 2.45 bits per heavy atom. The first-order valence-corrected chi connectivity index (χ1v) is 7.37. The fourth-order valence-electron chi connectivity index (χ4n) is 2.53. The third-order valence-electron chi connectivity index (χ3n) is 3.83. The van der Waals surface area contributed by atoms with Crippen LogP contribution in [0.2, 0.25) is 0 Å². The van der Waals surface area contributed by atoms with Crippen molar-refractivity contribution in [1.82, 2.24) is 5.32 Å². The molecule has 0 spiro atoms. The van der Waals surface area contributed by atoms with E-state index in [9.17, 15) is 9.59 Å². The smallest absolute Gasteiger partial charge is 0.332 e. The van der Waals surface area contributed by atoms with Crippen LogP contribution >= 0.6 is 0 Å². The van der Waals surface area contributed by atoms with Gasteiger partial charge in [0.15, 0.2) is 6.10 Å². The van der Waals surface area contributed by atoms with Crippen LogP contribution < -0.4 is 10.1 Å². The van der Waals surface area contributed by atoms with Crippen molar-refractivity contribution in [1.29, 1.82) is 0 Å². The molecule has 1 heterocycles. The average molecular weight is 307 g/mol. The van der Waals surface area contributed by atoms with Crippen molar-refractivity contribution in [2.45, 2.75) is 44.4 Å². The second kappa shape index (κ2) is 7.26. The third-order valence-corrected chi connectivity index (χ3v) is 3.83. The lowest BCUT2D eigenvalue weighted by molar-refractivity contribution is -0.151. The Bertz CT molecular complexity index is 528. The fourth-order valence-corrected chi connectivity index (χ4v) is 2.53. The number of methoxy groups -OCH3 is 1. The Kier molecular flexibility index (Phi) is 5.38. The molecule has 0 saturated carbocycles. The molecule has 1 saturated heterocycles. The standard InChI is InChI=1S/C16H21NO5/c1-3-12(10-4-6-11(21-2)7-5-10)17-15(18)13-8-9-14(22-13)16(19)20/h4-7,12-14H,3,8-9H2,1-2H3,(H,17,18)(H,19,20)/t12?,13-,14+/m0/s1. The lowest BCUT2D eigenvalue weighted by Crippen LogP contribution is -2.37. The van der Waals surface area contributed by atoms with Gasteiger partial charge in [-0.05, 0) is 37.0 Å². The quantitative estimate of drug-likeness (QED) is 0.838. The van der Waals surface area contributed by atoms with Crippen LogP contribution in [0.3, 0.4) is 0 Å². The maximum absolute atomic E-state index is 12.2. The first-order valence-electron chi connectivity index (χ1n) is 7.37. The van der Waals surface area contributed by atoms with E-state index in [4.69, 9.17) is 14.6 Å². The number of benzene rings is 1. The van der Waals surface area contributed by atoms with E-state index in [1.807, 2.05) is 31.2 Å². The molecule has 1 aromatic rings. The first-order chi connectivity index (χ1) is 10.5. The van der Waals surface area contributed by atoms with Crippen molar-refractivity contribution in [2.24, 2.45) is 0 Å². The van der Waals surface area contributed by atoms with Crippen LogP contribution in [0.15, 0.2) is 24.3 Å². The maximum atomic E-state index is 12.2. The Morgan fingerprint density at radius 2 is 1.95 bits per heavy atom. The van der Waals surface area contributed by atoms with Crippen molar-refractivity contribution in [3.63, 3.8) is 0 Å². The van der Waals surface area contributed by atoms with E-state index >= 15 is 0 Å². The van der Waals surface area contributed by atoms with Gasteiger partial charge in [0.2, 0.25) is 5.91 Å². The summed E-state index contributed by atoms with van der Waals surface area (Å²) in [5.41, 5.74) is 0.976. The molecular formula is C16H21NO5. The average Bonchev–Trinajstić information content (AvgIpc) is 3.03. The number of aliphatic carboxylic acids is 1. The zero-order chi connectivity index (χ0) is 16.1. The van der Waals surface area contributed by atoms with Gasteiger partial charge in [-0.3, -0.25) is 4.79 Å². The summed E-state index contributed by atoms with van der Waals surface area (Å²) in [6, 6.07) is 7.37. The summed E-state index contributed by atoms with van der Waals surface area (Å²) in [5.74, 6) is -0.516. The largest absolute Gasteiger partial charge is 0.497 e. The molecular weight excluding hydrogens is 286 g/mol. The Morgan fingerprint density at radius 1 is 1.32 bits per heavy atom. The van der Waals surface area contributed by atoms with E-state index in [0.717, 1.165) is 17.7 Å². The summed E-state index contributed by atoms with van der Waals surface area (Å²) in [6.07, 6.45) is -0.0351. The van der Waals surface area contributed by atoms with Gasteiger partial charge in [-0.1, -0.05) is 19.1 Å². The normalized spacial score (nSPS) is 22.1. The number of hydrogen-bond donors (Lipinski definition) is 2. The van der Waals surface area contributed by atoms with E-state index < -0.39 is 18.2 Å². The minimum Gasteiger partial charge on any atom is -0.497 e. The summed E-state index contributed by atoms with van der Waals surface area (Å²) in [7, 11) is 1.60. The van der Waals surface area contributed by atoms with Crippen LogP contribution in [0.4, 0.5) is 0 Å². The summed E-state index contributed by atoms with van der Waals surface area (Å²) in [5, 5.41) is 11.8. The predicted octanol–water partition coefficient (Wildman–Crippen LogP) is 1.89. The minimum absolute atomic E-state index is 0.133. The zero-order valence-electron chi connectivity index (χ0n) is 12.7. The van der Waals surface area contributed by atoms with Gasteiger partial charge in [-0.2, -0.15) is 0 Å². The highest BCUT2D eigenvalue weighted by Gasteiger charge is 2.35. The molecule has 2 rings (SSSR count). The topological polar surface area (TPSA) is 84.9 Å². The minimum atomic E-state index is -1.02. The lowest BCUT2D eigenvalue weighted by Gasteiger charge is -2.20. The number of amides is 1. The zero-order valence-corrected chi connectivity index (χ0v) is 12.7. The number of carbonyl (C=O) groups is 2. The lowest BCUT2D eigenvalue weighted by atomic mass is 10.0. The highest BCUT2D eigenvalue weighted by molar-refractivity contribution is 5.83. The Balaban J connectivity index is 1.97. The van der Waals surface area contributed by atoms with Crippen LogP contribution in [0.1, 0.15) is 37.8 Å². The monoisotopic (exact) mass is 307 g/mol. The SMILES string of the molecule is CCC(NC(=O)[C@@H]1CC[C@H](C(=O)O)O1)c1ccc(OC)cc1. The van der Waals surface area contributed by atoms with Crippen LogP contribution in [0.25, 0.3) is 0 Å². The van der Waals surface area contributed by atoms with E-state index in [0.29, 0.717) is 12.8 Å². The van der Waals surface area contributed by atoms with Gasteiger partial charge in [-0.25, -0.2) is 4.79 Å². The van der Waals surface area contributed by atoms with E-state index in [2.05, 4.69) is 5.32 Å². The van der Waals surface area contributed by atoms with Crippen LogP contribution in [-0.2, 0) is 14.3 Å². The molecule has 1 aliphatic rings. The number of carboxylic acid groups (broad SMARTS) is 1. The van der Waals surface area contributed by atoms with Gasteiger partial charge in [0.1, 0.15) is 11.9 Å².